The molecule has 10 nitrogen and oxygen atoms in total. The third-order valence-electron chi connectivity index (χ3n) is 6.13. The molecule has 1 aromatic carbocycles. The van der Waals surface area contributed by atoms with Crippen LogP contribution in [-0.2, 0) is 24.3 Å². The van der Waals surface area contributed by atoms with E-state index in [4.69, 9.17) is 4.74 Å². The summed E-state index contributed by atoms with van der Waals surface area (Å²) in [5.74, 6) is -1.78. The molecule has 3 rings (SSSR count). The van der Waals surface area contributed by atoms with Gasteiger partial charge in [0.15, 0.2) is 6.61 Å². The van der Waals surface area contributed by atoms with E-state index in [2.05, 4.69) is 10.6 Å². The van der Waals surface area contributed by atoms with Gasteiger partial charge in [-0.3, -0.25) is 14.9 Å². The molecule has 1 aliphatic heterocycles. The van der Waals surface area contributed by atoms with Crippen LogP contribution in [0.4, 0.5) is 4.79 Å². The van der Waals surface area contributed by atoms with Crippen LogP contribution in [0, 0.1) is 13.8 Å². The number of hydrogen-bond donors (Lipinski definition) is 3. The van der Waals surface area contributed by atoms with Crippen molar-refractivity contribution in [2.75, 3.05) is 13.2 Å². The maximum absolute atomic E-state index is 13.1. The predicted molar refractivity (Wildman–Crippen MR) is 119 cm³/mol. The maximum atomic E-state index is 13.1. The summed E-state index contributed by atoms with van der Waals surface area (Å²) in [5, 5.41) is 14.9. The van der Waals surface area contributed by atoms with E-state index in [-0.39, 0.29) is 23.9 Å². The number of aliphatic hydroxyl groups excluding tert-OH is 1. The zero-order chi connectivity index (χ0) is 24.2. The number of ether oxygens (including phenoxy) is 1. The molecule has 0 bridgehead atoms. The maximum Gasteiger partial charge on any atom is 0.325 e. The van der Waals surface area contributed by atoms with E-state index < -0.39 is 46.7 Å². The molecule has 1 heterocycles. The van der Waals surface area contributed by atoms with Crippen molar-refractivity contribution in [3.63, 3.8) is 0 Å². The van der Waals surface area contributed by atoms with Crippen molar-refractivity contribution < 1.29 is 32.6 Å². The van der Waals surface area contributed by atoms with Gasteiger partial charge in [0, 0.05) is 19.0 Å². The summed E-state index contributed by atoms with van der Waals surface area (Å²) in [7, 11) is -4.07. The van der Waals surface area contributed by atoms with Gasteiger partial charge < -0.3 is 15.2 Å². The second kappa shape index (κ2) is 10.6. The highest BCUT2D eigenvalue weighted by molar-refractivity contribution is 7.89. The third kappa shape index (κ3) is 6.30. The number of sulfonamides is 1. The molecule has 1 saturated heterocycles. The highest BCUT2D eigenvalue weighted by Crippen LogP contribution is 2.28. The molecule has 1 aromatic rings. The van der Waals surface area contributed by atoms with Gasteiger partial charge in [0.05, 0.1) is 11.0 Å². The number of nitrogens with zero attached hydrogens (tertiary/aromatic N) is 1. The number of carbonyl (C=O) groups excluding carboxylic acids is 3. The van der Waals surface area contributed by atoms with Crippen LogP contribution < -0.4 is 10.6 Å². The first-order valence-corrected chi connectivity index (χ1v) is 12.6. The highest BCUT2D eigenvalue weighted by atomic mass is 32.2. The largest absolute Gasteiger partial charge is 0.454 e. The molecule has 2 atom stereocenters. The molecule has 11 heteroatoms. The van der Waals surface area contributed by atoms with E-state index in [9.17, 15) is 27.9 Å². The number of rotatable bonds is 6. The Morgan fingerprint density at radius 1 is 1.12 bits per heavy atom. The van der Waals surface area contributed by atoms with Gasteiger partial charge in [-0.2, -0.15) is 4.31 Å². The molecule has 182 valence electrons. The number of aryl methyl sites for hydroxylation is 2. The molecule has 1 saturated carbocycles. The zero-order valence-corrected chi connectivity index (χ0v) is 19.7. The topological polar surface area (TPSA) is 142 Å². The molecule has 2 fully saturated rings. The van der Waals surface area contributed by atoms with Gasteiger partial charge in [-0.25, -0.2) is 13.2 Å². The van der Waals surface area contributed by atoms with Crippen molar-refractivity contribution in [1.82, 2.24) is 14.9 Å². The molecule has 0 spiro atoms. The lowest BCUT2D eigenvalue weighted by Crippen LogP contribution is -2.47. The average Bonchev–Trinajstić information content (AvgIpc) is 3.17. The smallest absolute Gasteiger partial charge is 0.325 e. The molecular weight excluding hydrogens is 450 g/mol. The Bertz CT molecular complexity index is 1010. The van der Waals surface area contributed by atoms with Gasteiger partial charge in [0.1, 0.15) is 6.04 Å². The number of hydrogen-bond acceptors (Lipinski definition) is 7. The molecule has 1 unspecified atom stereocenters. The van der Waals surface area contributed by atoms with Crippen LogP contribution in [0.15, 0.2) is 23.1 Å². The Morgan fingerprint density at radius 2 is 1.82 bits per heavy atom. The minimum absolute atomic E-state index is 0.00891. The Balaban J connectivity index is 1.58. The van der Waals surface area contributed by atoms with E-state index in [1.54, 1.807) is 13.0 Å². The molecule has 0 radical (unpaired) electrons. The van der Waals surface area contributed by atoms with Crippen molar-refractivity contribution in [2.45, 2.75) is 75.5 Å². The minimum Gasteiger partial charge on any atom is -0.454 e. The molecule has 3 amide bonds. The first kappa shape index (κ1) is 25.1. The van der Waals surface area contributed by atoms with Gasteiger partial charge in [0.25, 0.3) is 5.91 Å². The van der Waals surface area contributed by atoms with Gasteiger partial charge in [-0.05, 0) is 49.9 Å². The van der Waals surface area contributed by atoms with Crippen molar-refractivity contribution in [1.29, 1.82) is 0 Å². The second-order valence-electron chi connectivity index (χ2n) is 8.69. The van der Waals surface area contributed by atoms with Gasteiger partial charge >= 0.3 is 12.0 Å². The summed E-state index contributed by atoms with van der Waals surface area (Å²) in [6.07, 6.45) is 3.68. The van der Waals surface area contributed by atoms with Crippen molar-refractivity contribution in [2.24, 2.45) is 0 Å². The average molecular weight is 482 g/mol. The lowest BCUT2D eigenvalue weighted by molar-refractivity contribution is -0.151. The molecular formula is C22H31N3O7S. The number of nitrogens with one attached hydrogen (secondary N) is 2. The van der Waals surface area contributed by atoms with Gasteiger partial charge in [0.2, 0.25) is 10.0 Å². The van der Waals surface area contributed by atoms with Crippen LogP contribution >= 0.6 is 0 Å². The summed E-state index contributed by atoms with van der Waals surface area (Å²) in [6.45, 7) is 2.64. The highest BCUT2D eigenvalue weighted by Gasteiger charge is 2.44. The lowest BCUT2D eigenvalue weighted by Gasteiger charge is -2.23. The number of benzene rings is 1. The van der Waals surface area contributed by atoms with Gasteiger partial charge in [-0.1, -0.05) is 25.3 Å². The normalized spacial score (nSPS) is 22.0. The van der Waals surface area contributed by atoms with Crippen LogP contribution in [0.1, 0.15) is 49.7 Å². The Hall–Kier alpha value is -2.50. The lowest BCUT2D eigenvalue weighted by atomic mass is 9.96. The van der Waals surface area contributed by atoms with Crippen LogP contribution in [0.2, 0.25) is 0 Å². The summed E-state index contributed by atoms with van der Waals surface area (Å²) in [5.41, 5.74) is 1.70. The van der Waals surface area contributed by atoms with E-state index >= 15 is 0 Å². The van der Waals surface area contributed by atoms with Crippen LogP contribution in [-0.4, -0.2) is 67.1 Å². The number of urea groups is 1. The van der Waals surface area contributed by atoms with Crippen LogP contribution in [0.3, 0.4) is 0 Å². The summed E-state index contributed by atoms with van der Waals surface area (Å²) in [4.78, 5) is 36.6. The fourth-order valence-electron chi connectivity index (χ4n) is 4.14. The fraction of sp³-hybridized carbons (Fsp3) is 0.591. The second-order valence-corrected chi connectivity index (χ2v) is 10.6. The fourth-order valence-corrected chi connectivity index (χ4v) is 5.85. The molecule has 0 aromatic heterocycles. The summed E-state index contributed by atoms with van der Waals surface area (Å²) < 4.78 is 32.1. The number of imide groups is 1. The zero-order valence-electron chi connectivity index (χ0n) is 18.9. The molecule has 3 N–H and O–H groups in total. The number of carbonyl (C=O) groups is 3. The quantitative estimate of drug-likeness (QED) is 0.517. The SMILES string of the molecule is Cc1ccc(S(=O)(=O)N2CC(O)C[C@H]2C(=O)OCC(=O)NC(=O)NC2CCCCC2)cc1C. The van der Waals surface area contributed by atoms with E-state index in [0.29, 0.717) is 0 Å². The monoisotopic (exact) mass is 481 g/mol. The van der Waals surface area contributed by atoms with Crippen molar-refractivity contribution in [3.05, 3.63) is 29.3 Å². The van der Waals surface area contributed by atoms with Crippen molar-refractivity contribution >= 4 is 27.9 Å². The van der Waals surface area contributed by atoms with Crippen LogP contribution in [0.5, 0.6) is 0 Å². The molecule has 2 aliphatic rings. The number of β-amino-alcohol motifs (C(OH)–C–C–N with tert-alkyl or cyclic N) is 1. The standard InChI is InChI=1S/C22H31N3O7S/c1-14-8-9-18(10-15(14)2)33(30,31)25-12-17(26)11-19(25)21(28)32-13-20(27)24-22(29)23-16-6-4-3-5-7-16/h8-10,16-17,19,26H,3-7,11-13H2,1-2H3,(H2,23,24,27,29)/t17?,19-/m0/s1. The third-order valence-corrected chi connectivity index (χ3v) is 8.00. The number of esters is 1. The van der Waals surface area contributed by atoms with E-state index in [0.717, 1.165) is 47.5 Å². The van der Waals surface area contributed by atoms with Gasteiger partial charge in [-0.15, -0.1) is 0 Å². The first-order chi connectivity index (χ1) is 15.6. The summed E-state index contributed by atoms with van der Waals surface area (Å²) in [6, 6.07) is 2.72. The molecule has 1 aliphatic carbocycles. The number of amides is 3. The Morgan fingerprint density at radius 3 is 2.48 bits per heavy atom. The van der Waals surface area contributed by atoms with E-state index in [1.807, 2.05) is 6.92 Å². The Kier molecular flexibility index (Phi) is 8.09. The summed E-state index contributed by atoms with van der Waals surface area (Å²) >= 11 is 0. The molecule has 33 heavy (non-hydrogen) atoms. The predicted octanol–water partition coefficient (Wildman–Crippen LogP) is 1.13. The minimum atomic E-state index is -4.07. The number of aliphatic hydroxyl groups is 1. The van der Waals surface area contributed by atoms with Crippen molar-refractivity contribution in [3.8, 4) is 0 Å². The van der Waals surface area contributed by atoms with Crippen LogP contribution in [0.25, 0.3) is 0 Å². The first-order valence-electron chi connectivity index (χ1n) is 11.1. The van der Waals surface area contributed by atoms with E-state index in [1.165, 1.54) is 12.1 Å². The Labute approximate surface area is 193 Å².